The van der Waals surface area contributed by atoms with Gasteiger partial charge in [0.15, 0.2) is 11.6 Å². The summed E-state index contributed by atoms with van der Waals surface area (Å²) in [7, 11) is 0. The Morgan fingerprint density at radius 1 is 1.20 bits per heavy atom. The van der Waals surface area contributed by atoms with Crippen molar-refractivity contribution in [2.24, 2.45) is 5.92 Å². The molecule has 0 saturated carbocycles. The molecule has 6 heteroatoms. The van der Waals surface area contributed by atoms with E-state index in [-0.39, 0.29) is 11.6 Å². The van der Waals surface area contributed by atoms with Gasteiger partial charge in [-0.2, -0.15) is 0 Å². The first-order chi connectivity index (χ1) is 9.47. The van der Waals surface area contributed by atoms with Gasteiger partial charge < -0.3 is 5.32 Å². The third-order valence-corrected chi connectivity index (χ3v) is 3.71. The lowest BCUT2D eigenvalue weighted by atomic mass is 10.1. The number of rotatable bonds is 5. The predicted octanol–water partition coefficient (Wildman–Crippen LogP) is 4.19. The molecule has 108 valence electrons. The quantitative estimate of drug-likeness (QED) is 0.899. The van der Waals surface area contributed by atoms with E-state index in [1.54, 1.807) is 13.0 Å². The summed E-state index contributed by atoms with van der Waals surface area (Å²) in [5, 5.41) is 12.7. The summed E-state index contributed by atoms with van der Waals surface area (Å²) in [5.41, 5.74) is 0.283. The lowest BCUT2D eigenvalue weighted by Crippen LogP contribution is -2.09. The molecular weight excluding hydrogens is 280 g/mol. The van der Waals surface area contributed by atoms with Gasteiger partial charge >= 0.3 is 0 Å². The molecule has 3 nitrogen and oxygen atoms in total. The molecule has 1 aromatic carbocycles. The number of halogens is 2. The molecule has 1 heterocycles. The van der Waals surface area contributed by atoms with Gasteiger partial charge in [0.1, 0.15) is 5.01 Å². The van der Waals surface area contributed by atoms with Gasteiger partial charge in [-0.25, -0.2) is 8.78 Å². The number of benzene rings is 1. The topological polar surface area (TPSA) is 37.8 Å². The largest absolute Gasteiger partial charge is 0.353 e. The average molecular weight is 297 g/mol. The fourth-order valence-corrected chi connectivity index (χ4v) is 2.90. The minimum atomic E-state index is -0.839. The number of hydrogen-bond donors (Lipinski definition) is 1. The fraction of sp³-hybridized carbons (Fsp3) is 0.429. The fourth-order valence-electron chi connectivity index (χ4n) is 1.86. The van der Waals surface area contributed by atoms with Crippen LogP contribution in [0.2, 0.25) is 0 Å². The Balaban J connectivity index is 2.09. The van der Waals surface area contributed by atoms with Crippen molar-refractivity contribution in [2.75, 3.05) is 5.32 Å². The Bertz CT molecular complexity index is 584. The summed E-state index contributed by atoms with van der Waals surface area (Å²) >= 11 is 1.44. The molecular formula is C14H17F2N3S. The summed E-state index contributed by atoms with van der Waals surface area (Å²) in [6.07, 6.45) is 0.863. The van der Waals surface area contributed by atoms with Crippen LogP contribution in [-0.2, 0) is 6.42 Å². The maximum absolute atomic E-state index is 13.7. The molecule has 1 aromatic heterocycles. The van der Waals surface area contributed by atoms with E-state index in [1.165, 1.54) is 17.4 Å². The molecule has 0 amide bonds. The van der Waals surface area contributed by atoms with Crippen LogP contribution >= 0.6 is 11.3 Å². The third kappa shape index (κ3) is 3.50. The van der Waals surface area contributed by atoms with Crippen LogP contribution in [0.3, 0.4) is 0 Å². The second kappa shape index (κ2) is 6.26. The zero-order chi connectivity index (χ0) is 14.7. The molecule has 1 unspecified atom stereocenters. The molecule has 0 spiro atoms. The molecule has 0 saturated heterocycles. The van der Waals surface area contributed by atoms with Crippen molar-refractivity contribution in [3.63, 3.8) is 0 Å². The van der Waals surface area contributed by atoms with Crippen LogP contribution in [0.1, 0.15) is 37.4 Å². The van der Waals surface area contributed by atoms with Gasteiger partial charge in [-0.05, 0) is 18.9 Å². The normalized spacial score (nSPS) is 12.7. The maximum atomic E-state index is 13.7. The third-order valence-electron chi connectivity index (χ3n) is 2.84. The molecule has 1 atom stereocenters. The van der Waals surface area contributed by atoms with Crippen molar-refractivity contribution in [2.45, 2.75) is 33.2 Å². The molecule has 1 N–H and O–H groups in total. The maximum Gasteiger partial charge on any atom is 0.206 e. The monoisotopic (exact) mass is 297 g/mol. The minimum absolute atomic E-state index is 0.283. The van der Waals surface area contributed by atoms with Crippen molar-refractivity contribution in [3.05, 3.63) is 40.4 Å². The second-order valence-electron chi connectivity index (χ2n) is 5.11. The van der Waals surface area contributed by atoms with E-state index in [0.717, 1.165) is 17.5 Å². The van der Waals surface area contributed by atoms with Crippen LogP contribution < -0.4 is 5.32 Å². The number of nitrogens with one attached hydrogen (secondary N) is 1. The van der Waals surface area contributed by atoms with E-state index < -0.39 is 11.6 Å². The SMILES string of the molecule is CC(C)Cc1nnc(NC(C)c2cccc(F)c2F)s1. The highest BCUT2D eigenvalue weighted by Crippen LogP contribution is 2.25. The van der Waals surface area contributed by atoms with E-state index in [1.807, 2.05) is 0 Å². The van der Waals surface area contributed by atoms with Crippen molar-refractivity contribution in [1.82, 2.24) is 10.2 Å². The highest BCUT2D eigenvalue weighted by Gasteiger charge is 2.15. The van der Waals surface area contributed by atoms with Crippen LogP contribution in [0.4, 0.5) is 13.9 Å². The van der Waals surface area contributed by atoms with Crippen LogP contribution in [0, 0.1) is 17.6 Å². The molecule has 2 rings (SSSR count). The summed E-state index contributed by atoms with van der Waals surface area (Å²) in [4.78, 5) is 0. The van der Waals surface area contributed by atoms with Crippen molar-refractivity contribution in [3.8, 4) is 0 Å². The summed E-state index contributed by atoms with van der Waals surface area (Å²) in [6, 6.07) is 3.80. The van der Waals surface area contributed by atoms with Gasteiger partial charge in [-0.1, -0.05) is 37.3 Å². The molecule has 0 bridgehead atoms. The van der Waals surface area contributed by atoms with Crippen molar-refractivity contribution >= 4 is 16.5 Å². The highest BCUT2D eigenvalue weighted by atomic mass is 32.1. The molecule has 2 aromatic rings. The van der Waals surface area contributed by atoms with Gasteiger partial charge in [0.05, 0.1) is 6.04 Å². The highest BCUT2D eigenvalue weighted by molar-refractivity contribution is 7.15. The first-order valence-electron chi connectivity index (χ1n) is 6.50. The smallest absolute Gasteiger partial charge is 0.206 e. The lowest BCUT2D eigenvalue weighted by Gasteiger charge is -2.13. The van der Waals surface area contributed by atoms with E-state index in [0.29, 0.717) is 11.0 Å². The second-order valence-corrected chi connectivity index (χ2v) is 6.17. The zero-order valence-corrected chi connectivity index (χ0v) is 12.5. The van der Waals surface area contributed by atoms with E-state index >= 15 is 0 Å². The Kier molecular flexibility index (Phi) is 4.65. The van der Waals surface area contributed by atoms with Gasteiger partial charge in [0, 0.05) is 12.0 Å². The van der Waals surface area contributed by atoms with Gasteiger partial charge in [-0.3, -0.25) is 0 Å². The van der Waals surface area contributed by atoms with E-state index in [9.17, 15) is 8.78 Å². The first kappa shape index (κ1) is 14.8. The van der Waals surface area contributed by atoms with Crippen LogP contribution in [0.25, 0.3) is 0 Å². The Hall–Kier alpha value is -1.56. The van der Waals surface area contributed by atoms with Gasteiger partial charge in [0.2, 0.25) is 5.13 Å². The Morgan fingerprint density at radius 3 is 2.65 bits per heavy atom. The van der Waals surface area contributed by atoms with Crippen LogP contribution in [-0.4, -0.2) is 10.2 Å². The lowest BCUT2D eigenvalue weighted by molar-refractivity contribution is 0.494. The molecule has 20 heavy (non-hydrogen) atoms. The van der Waals surface area contributed by atoms with Crippen molar-refractivity contribution < 1.29 is 8.78 Å². The standard InChI is InChI=1S/C14H17F2N3S/c1-8(2)7-12-18-19-14(20-12)17-9(3)10-5-4-6-11(15)13(10)16/h4-6,8-9H,7H2,1-3H3,(H,17,19). The van der Waals surface area contributed by atoms with Gasteiger partial charge in [-0.15, -0.1) is 10.2 Å². The minimum Gasteiger partial charge on any atom is -0.353 e. The zero-order valence-electron chi connectivity index (χ0n) is 11.7. The predicted molar refractivity (Wildman–Crippen MR) is 76.8 cm³/mol. The molecule has 0 aliphatic carbocycles. The summed E-state index contributed by atoms with van der Waals surface area (Å²) in [6.45, 7) is 5.99. The molecule has 0 aliphatic rings. The van der Waals surface area contributed by atoms with Crippen LogP contribution in [0.5, 0.6) is 0 Å². The number of anilines is 1. The number of aromatic nitrogens is 2. The van der Waals surface area contributed by atoms with E-state index in [4.69, 9.17) is 0 Å². The molecule has 0 aliphatic heterocycles. The van der Waals surface area contributed by atoms with Gasteiger partial charge in [0.25, 0.3) is 0 Å². The Labute approximate surface area is 121 Å². The summed E-state index contributed by atoms with van der Waals surface area (Å²) in [5.74, 6) is -1.15. The average Bonchev–Trinajstić information content (AvgIpc) is 2.79. The number of hydrogen-bond acceptors (Lipinski definition) is 4. The first-order valence-corrected chi connectivity index (χ1v) is 7.32. The van der Waals surface area contributed by atoms with Crippen molar-refractivity contribution in [1.29, 1.82) is 0 Å². The van der Waals surface area contributed by atoms with E-state index in [2.05, 4.69) is 29.4 Å². The number of nitrogens with zero attached hydrogens (tertiary/aromatic N) is 2. The molecule has 0 fully saturated rings. The Morgan fingerprint density at radius 2 is 1.95 bits per heavy atom. The summed E-state index contributed by atoms with van der Waals surface area (Å²) < 4.78 is 26.9. The molecule has 0 radical (unpaired) electrons. The van der Waals surface area contributed by atoms with Crippen LogP contribution in [0.15, 0.2) is 18.2 Å².